The molecule has 1 heterocycles. The predicted molar refractivity (Wildman–Crippen MR) is 94.3 cm³/mol. The number of nitrogens with zero attached hydrogens (tertiary/aromatic N) is 5. The first-order chi connectivity index (χ1) is 12.7. The topological polar surface area (TPSA) is 159 Å². The maximum Gasteiger partial charge on any atom is 0.296 e. The summed E-state index contributed by atoms with van der Waals surface area (Å²) in [6.07, 6.45) is 0. The van der Waals surface area contributed by atoms with E-state index in [-0.39, 0.29) is 18.9 Å². The van der Waals surface area contributed by atoms with Crippen LogP contribution in [0.15, 0.2) is 34.2 Å². The maximum absolute atomic E-state index is 12.9. The van der Waals surface area contributed by atoms with Crippen LogP contribution in [0.4, 0.5) is 4.39 Å². The number of nitrogens with one attached hydrogen (secondary N) is 1. The Balaban J connectivity index is 2.35. The summed E-state index contributed by atoms with van der Waals surface area (Å²) >= 11 is 0. The highest BCUT2D eigenvalue weighted by Gasteiger charge is 2.29. The van der Waals surface area contributed by atoms with Crippen LogP contribution in [-0.2, 0) is 19.1 Å². The summed E-state index contributed by atoms with van der Waals surface area (Å²) in [5.41, 5.74) is 12.4. The molecule has 10 nitrogen and oxygen atoms in total. The Kier molecular flexibility index (Phi) is 5.78. The van der Waals surface area contributed by atoms with Crippen LogP contribution >= 0.6 is 0 Å². The van der Waals surface area contributed by atoms with Crippen LogP contribution in [0.2, 0.25) is 0 Å². The fourth-order valence-corrected chi connectivity index (χ4v) is 2.38. The molecule has 1 atom stereocenters. The van der Waals surface area contributed by atoms with Crippen LogP contribution in [0.25, 0.3) is 10.4 Å². The first kappa shape index (κ1) is 19.9. The summed E-state index contributed by atoms with van der Waals surface area (Å²) in [6.45, 7) is 1.29. The minimum absolute atomic E-state index is 0.0311. The normalized spacial score (nSPS) is 12.7. The van der Waals surface area contributed by atoms with E-state index in [9.17, 15) is 19.1 Å². The number of halogens is 1. The lowest BCUT2D eigenvalue weighted by atomic mass is 10.0. The van der Waals surface area contributed by atoms with E-state index in [0.717, 1.165) is 4.57 Å². The number of azide groups is 1. The maximum atomic E-state index is 12.9. The summed E-state index contributed by atoms with van der Waals surface area (Å²) < 4.78 is 13.9. The third kappa shape index (κ3) is 4.40. The molecular formula is C16H18FN7O3. The Morgan fingerprint density at radius 2 is 2.11 bits per heavy atom. The highest BCUT2D eigenvalue weighted by molar-refractivity contribution is 5.94. The lowest BCUT2D eigenvalue weighted by molar-refractivity contribution is 0.0941. The van der Waals surface area contributed by atoms with Gasteiger partial charge in [0.25, 0.3) is 11.5 Å². The number of hydrogen-bond acceptors (Lipinski definition) is 6. The average Bonchev–Trinajstić information content (AvgIpc) is 2.63. The smallest absolute Gasteiger partial charge is 0.296 e. The summed E-state index contributed by atoms with van der Waals surface area (Å²) in [5, 5.41) is 15.9. The number of hydrogen-bond donors (Lipinski definition) is 3. The van der Waals surface area contributed by atoms with E-state index >= 15 is 0 Å². The number of benzene rings is 1. The molecule has 0 aliphatic rings. The third-order valence-electron chi connectivity index (χ3n) is 3.82. The Morgan fingerprint density at radius 3 is 2.70 bits per heavy atom. The van der Waals surface area contributed by atoms with Crippen molar-refractivity contribution >= 4 is 5.91 Å². The number of aromatic hydroxyl groups is 1. The van der Waals surface area contributed by atoms with E-state index in [0.29, 0.717) is 5.56 Å². The first-order valence-corrected chi connectivity index (χ1v) is 7.80. The molecule has 4 N–H and O–H groups in total. The molecule has 0 saturated carbocycles. The van der Waals surface area contributed by atoms with Crippen molar-refractivity contribution in [2.45, 2.75) is 19.0 Å². The quantitative estimate of drug-likeness (QED) is 0.390. The highest BCUT2D eigenvalue weighted by atomic mass is 19.1. The minimum Gasteiger partial charge on any atom is -0.501 e. The fourth-order valence-electron chi connectivity index (χ4n) is 2.38. The summed E-state index contributed by atoms with van der Waals surface area (Å²) in [6, 6.07) is 5.44. The van der Waals surface area contributed by atoms with E-state index in [2.05, 4.69) is 20.3 Å². The van der Waals surface area contributed by atoms with Gasteiger partial charge in [0.15, 0.2) is 5.69 Å². The number of carbonyl (C=O) groups is 1. The highest BCUT2D eigenvalue weighted by Crippen LogP contribution is 2.18. The van der Waals surface area contributed by atoms with E-state index in [1.165, 1.54) is 38.2 Å². The van der Waals surface area contributed by atoms with Crippen molar-refractivity contribution in [3.05, 3.63) is 68.0 Å². The molecule has 0 spiro atoms. The van der Waals surface area contributed by atoms with Gasteiger partial charge in [-0.25, -0.2) is 9.37 Å². The van der Waals surface area contributed by atoms with Gasteiger partial charge in [-0.3, -0.25) is 14.2 Å². The Bertz CT molecular complexity index is 963. The van der Waals surface area contributed by atoms with Gasteiger partial charge in [0.1, 0.15) is 11.6 Å². The molecular weight excluding hydrogens is 357 g/mol. The molecule has 11 heteroatoms. The Morgan fingerprint density at radius 1 is 1.48 bits per heavy atom. The number of amides is 1. The Labute approximate surface area is 153 Å². The summed E-state index contributed by atoms with van der Waals surface area (Å²) in [7, 11) is 1.33. The average molecular weight is 375 g/mol. The molecule has 0 radical (unpaired) electrons. The molecule has 1 amide bonds. The van der Waals surface area contributed by atoms with Gasteiger partial charge >= 0.3 is 0 Å². The summed E-state index contributed by atoms with van der Waals surface area (Å²) in [5.74, 6) is -2.10. The molecule has 1 aromatic heterocycles. The zero-order valence-corrected chi connectivity index (χ0v) is 14.7. The van der Waals surface area contributed by atoms with Crippen molar-refractivity contribution in [2.24, 2.45) is 17.9 Å². The molecule has 0 fully saturated rings. The number of rotatable bonds is 6. The van der Waals surface area contributed by atoms with Crippen molar-refractivity contribution in [2.75, 3.05) is 6.54 Å². The van der Waals surface area contributed by atoms with Gasteiger partial charge in [-0.2, -0.15) is 0 Å². The molecule has 2 rings (SSSR count). The summed E-state index contributed by atoms with van der Waals surface area (Å²) in [4.78, 5) is 31.3. The van der Waals surface area contributed by atoms with Crippen molar-refractivity contribution in [3.63, 3.8) is 0 Å². The standard InChI is InChI=1S/C16H18FN7O3/c1-16(18,8-21-23-19)15-22-11(12(25)14(27)24(15)2)13(26)20-7-9-3-5-10(17)6-4-9/h3-6,25H,7-8,18H2,1-2H3,(H,20,26). The molecule has 0 saturated heterocycles. The van der Waals surface area contributed by atoms with Gasteiger partial charge in [-0.1, -0.05) is 17.2 Å². The molecule has 0 bridgehead atoms. The van der Waals surface area contributed by atoms with Crippen LogP contribution in [0.1, 0.15) is 28.8 Å². The zero-order valence-electron chi connectivity index (χ0n) is 14.7. The largest absolute Gasteiger partial charge is 0.501 e. The number of aromatic nitrogens is 2. The van der Waals surface area contributed by atoms with Crippen molar-refractivity contribution in [3.8, 4) is 5.75 Å². The zero-order chi connectivity index (χ0) is 20.2. The van der Waals surface area contributed by atoms with Gasteiger partial charge in [-0.05, 0) is 30.2 Å². The molecule has 0 aliphatic carbocycles. The van der Waals surface area contributed by atoms with Crippen molar-refractivity contribution in [1.82, 2.24) is 14.9 Å². The van der Waals surface area contributed by atoms with Crippen molar-refractivity contribution < 1.29 is 14.3 Å². The molecule has 1 unspecified atom stereocenters. The second-order valence-electron chi connectivity index (χ2n) is 6.11. The fraction of sp³-hybridized carbons (Fsp3) is 0.312. The number of carbonyl (C=O) groups excluding carboxylic acids is 1. The monoisotopic (exact) mass is 375 g/mol. The third-order valence-corrected chi connectivity index (χ3v) is 3.82. The van der Waals surface area contributed by atoms with Crippen LogP contribution in [0.5, 0.6) is 5.75 Å². The van der Waals surface area contributed by atoms with Gasteiger partial charge in [0.05, 0.1) is 12.1 Å². The van der Waals surface area contributed by atoms with E-state index in [1.807, 2.05) is 0 Å². The van der Waals surface area contributed by atoms with E-state index < -0.39 is 34.3 Å². The van der Waals surface area contributed by atoms with Crippen LogP contribution in [0, 0.1) is 5.82 Å². The predicted octanol–water partition coefficient (Wildman–Crippen LogP) is 1.04. The van der Waals surface area contributed by atoms with Gasteiger partial charge in [0, 0.05) is 18.5 Å². The lowest BCUT2D eigenvalue weighted by Crippen LogP contribution is -2.43. The molecule has 2 aromatic rings. The second kappa shape index (κ2) is 7.85. The van der Waals surface area contributed by atoms with Gasteiger partial charge in [0.2, 0.25) is 5.75 Å². The molecule has 1 aromatic carbocycles. The number of nitrogens with two attached hydrogens (primary N) is 1. The molecule has 142 valence electrons. The van der Waals surface area contributed by atoms with E-state index in [4.69, 9.17) is 11.3 Å². The first-order valence-electron chi connectivity index (χ1n) is 7.80. The molecule has 27 heavy (non-hydrogen) atoms. The van der Waals surface area contributed by atoms with Crippen molar-refractivity contribution in [1.29, 1.82) is 0 Å². The Hall–Kier alpha value is -3.43. The van der Waals surface area contributed by atoms with E-state index in [1.54, 1.807) is 0 Å². The van der Waals surface area contributed by atoms with Crippen LogP contribution < -0.4 is 16.6 Å². The van der Waals surface area contributed by atoms with Crippen LogP contribution in [0.3, 0.4) is 0 Å². The molecule has 0 aliphatic heterocycles. The SMILES string of the molecule is Cn1c(C(C)(N)CN=[N+]=[N-])nc(C(=O)NCc2ccc(F)cc2)c(O)c1=O. The van der Waals surface area contributed by atoms with Gasteiger partial charge in [-0.15, -0.1) is 0 Å². The second-order valence-corrected chi connectivity index (χ2v) is 6.11. The van der Waals surface area contributed by atoms with Gasteiger partial charge < -0.3 is 16.2 Å². The van der Waals surface area contributed by atoms with Crippen LogP contribution in [-0.4, -0.2) is 27.1 Å². The lowest BCUT2D eigenvalue weighted by Gasteiger charge is -2.24. The minimum atomic E-state index is -1.35.